The van der Waals surface area contributed by atoms with Crippen LogP contribution in [0.3, 0.4) is 0 Å². The standard InChI is InChI=1S/C22H21N9OS/c1-12-2-3-18(31-27-4-5-28-31)15(6-12)19(32)22(30-23)8-13-7-14(13)16(22)10-33-21-24-9-17-20(29-21)26-11-25-17/h2-6,9,11,13-14,16,23H,7-8,10H2,1H3,(H,24,25,26,29). The molecule has 2 fully saturated rings. The Morgan fingerprint density at radius 2 is 2.18 bits per heavy atom. The fraction of sp³-hybridized carbons (Fsp3) is 0.364. The Labute approximate surface area is 193 Å². The minimum absolute atomic E-state index is 0.0603. The fourth-order valence-electron chi connectivity index (χ4n) is 5.14. The lowest BCUT2D eigenvalue weighted by Gasteiger charge is -2.31. The predicted molar refractivity (Wildman–Crippen MR) is 120 cm³/mol. The quantitative estimate of drug-likeness (QED) is 0.186. The number of ketones is 1. The molecule has 2 aliphatic carbocycles. The van der Waals surface area contributed by atoms with E-state index in [4.69, 9.17) is 5.53 Å². The average molecular weight is 460 g/mol. The van der Waals surface area contributed by atoms with Gasteiger partial charge < -0.3 is 4.98 Å². The van der Waals surface area contributed by atoms with Crippen LogP contribution >= 0.6 is 11.8 Å². The number of benzene rings is 1. The molecule has 6 rings (SSSR count). The van der Waals surface area contributed by atoms with Gasteiger partial charge in [-0.25, -0.2) is 20.5 Å². The maximum Gasteiger partial charge on any atom is 0.194 e. The molecule has 4 aromatic rings. The molecule has 4 unspecified atom stereocenters. The fourth-order valence-corrected chi connectivity index (χ4v) is 6.27. The minimum Gasteiger partial charge on any atom is -0.342 e. The third-order valence-electron chi connectivity index (χ3n) is 6.85. The summed E-state index contributed by atoms with van der Waals surface area (Å²) in [5, 5.41) is 13.1. The van der Waals surface area contributed by atoms with E-state index in [1.165, 1.54) is 16.6 Å². The summed E-state index contributed by atoms with van der Waals surface area (Å²) in [4.78, 5) is 31.6. The number of aromatic nitrogens is 7. The molecule has 0 spiro atoms. The van der Waals surface area contributed by atoms with Crippen LogP contribution in [0.15, 0.2) is 53.4 Å². The van der Waals surface area contributed by atoms with E-state index in [9.17, 15) is 4.79 Å². The monoisotopic (exact) mass is 459 g/mol. The Bertz CT molecular complexity index is 1370. The van der Waals surface area contributed by atoms with Crippen LogP contribution in [0.5, 0.6) is 0 Å². The summed E-state index contributed by atoms with van der Waals surface area (Å²) in [7, 11) is 0. The van der Waals surface area contributed by atoms with Gasteiger partial charge in [0.25, 0.3) is 0 Å². The number of carbonyl (C=O) groups is 1. The first kappa shape index (κ1) is 20.2. The smallest absolute Gasteiger partial charge is 0.194 e. The van der Waals surface area contributed by atoms with Gasteiger partial charge in [0, 0.05) is 17.2 Å². The Morgan fingerprint density at radius 1 is 1.33 bits per heavy atom. The van der Waals surface area contributed by atoms with Gasteiger partial charge in [-0.1, -0.05) is 23.4 Å². The van der Waals surface area contributed by atoms with Crippen LogP contribution in [0.25, 0.3) is 16.9 Å². The van der Waals surface area contributed by atoms with Gasteiger partial charge in [0.1, 0.15) is 11.1 Å². The summed E-state index contributed by atoms with van der Waals surface area (Å²) in [5.74, 6) is 1.25. The summed E-state index contributed by atoms with van der Waals surface area (Å²) in [5.41, 5.74) is 10.5. The Kier molecular flexibility index (Phi) is 4.61. The number of hydrogen-bond donors (Lipinski definition) is 2. The minimum atomic E-state index is -1.09. The van der Waals surface area contributed by atoms with Crippen LogP contribution in [-0.4, -0.2) is 52.0 Å². The van der Waals surface area contributed by atoms with Gasteiger partial charge >= 0.3 is 0 Å². The van der Waals surface area contributed by atoms with Crippen LogP contribution in [0.1, 0.15) is 28.8 Å². The summed E-state index contributed by atoms with van der Waals surface area (Å²) >= 11 is 1.50. The zero-order valence-corrected chi connectivity index (χ0v) is 18.7. The van der Waals surface area contributed by atoms with Crippen molar-refractivity contribution >= 4 is 28.7 Å². The highest BCUT2D eigenvalue weighted by Crippen LogP contribution is 2.62. The van der Waals surface area contributed by atoms with Gasteiger partial charge in [-0.3, -0.25) is 4.79 Å². The lowest BCUT2D eigenvalue weighted by molar-refractivity contribution is 0.0831. The third kappa shape index (κ3) is 3.26. The number of nitrogens with zero attached hydrogens (tertiary/aromatic N) is 7. The number of Topliss-reactive ketones (excluding diaryl/α,β-unsaturated/α-hetero) is 1. The third-order valence-corrected chi connectivity index (χ3v) is 7.83. The van der Waals surface area contributed by atoms with Crippen molar-refractivity contribution in [2.45, 2.75) is 30.5 Å². The molecule has 166 valence electrons. The second-order valence-electron chi connectivity index (χ2n) is 8.78. The van der Waals surface area contributed by atoms with Crippen LogP contribution in [0.4, 0.5) is 0 Å². The van der Waals surface area contributed by atoms with Crippen molar-refractivity contribution in [1.29, 1.82) is 5.53 Å². The van der Waals surface area contributed by atoms with E-state index in [0.29, 0.717) is 46.1 Å². The second kappa shape index (κ2) is 7.55. The number of hydrogen-bond acceptors (Lipinski definition) is 9. The molecular formula is C22H21N9OS. The van der Waals surface area contributed by atoms with Crippen LogP contribution in [0.2, 0.25) is 0 Å². The molecule has 0 bridgehead atoms. The van der Waals surface area contributed by atoms with Gasteiger partial charge in [0.15, 0.2) is 16.6 Å². The lowest BCUT2D eigenvalue weighted by atomic mass is 9.78. The van der Waals surface area contributed by atoms with Gasteiger partial charge in [0.05, 0.1) is 30.6 Å². The molecule has 2 saturated carbocycles. The first-order chi connectivity index (χ1) is 16.1. The summed E-state index contributed by atoms with van der Waals surface area (Å²) < 4.78 is 0. The number of aryl methyl sites for hydroxylation is 1. The maximum atomic E-state index is 14.1. The molecule has 3 aromatic heterocycles. The number of H-pyrrole nitrogens is 1. The van der Waals surface area contributed by atoms with Crippen LogP contribution in [0, 0.1) is 30.2 Å². The Hall–Kier alpha value is -3.47. The van der Waals surface area contributed by atoms with Crippen molar-refractivity contribution in [2.75, 3.05) is 5.75 Å². The molecule has 2 N–H and O–H groups in total. The number of fused-ring (bicyclic) bond motifs is 2. The van der Waals surface area contributed by atoms with Gasteiger partial charge in [-0.15, -0.1) is 0 Å². The van der Waals surface area contributed by atoms with Crippen LogP contribution < -0.4 is 0 Å². The van der Waals surface area contributed by atoms with Crippen molar-refractivity contribution in [3.8, 4) is 5.69 Å². The summed E-state index contributed by atoms with van der Waals surface area (Å²) in [6, 6.07) is 5.64. The van der Waals surface area contributed by atoms with E-state index in [0.717, 1.165) is 17.5 Å². The average Bonchev–Trinajstić information content (AvgIpc) is 3.23. The zero-order chi connectivity index (χ0) is 22.6. The number of aromatic amines is 1. The maximum absolute atomic E-state index is 14.1. The molecule has 0 amide bonds. The molecular weight excluding hydrogens is 438 g/mol. The first-order valence-corrected chi connectivity index (χ1v) is 11.8. The highest BCUT2D eigenvalue weighted by molar-refractivity contribution is 7.99. The van der Waals surface area contributed by atoms with E-state index in [-0.39, 0.29) is 11.7 Å². The van der Waals surface area contributed by atoms with Gasteiger partial charge in [-0.05, 0) is 43.7 Å². The lowest BCUT2D eigenvalue weighted by Crippen LogP contribution is -2.44. The van der Waals surface area contributed by atoms with E-state index < -0.39 is 5.54 Å². The van der Waals surface area contributed by atoms with Gasteiger partial charge in [0.2, 0.25) is 0 Å². The van der Waals surface area contributed by atoms with E-state index >= 15 is 0 Å². The molecule has 1 aromatic carbocycles. The molecule has 4 atom stereocenters. The van der Waals surface area contributed by atoms with E-state index in [1.54, 1.807) is 24.9 Å². The molecule has 0 radical (unpaired) electrons. The van der Waals surface area contributed by atoms with Crippen LogP contribution in [-0.2, 0) is 0 Å². The molecule has 0 saturated heterocycles. The summed E-state index contributed by atoms with van der Waals surface area (Å²) in [6.07, 6.45) is 8.16. The van der Waals surface area contributed by atoms with E-state index in [2.05, 4.69) is 35.2 Å². The number of thioether (sulfide) groups is 1. The highest BCUT2D eigenvalue weighted by Gasteiger charge is 2.64. The number of carbonyl (C=O) groups excluding carboxylic acids is 1. The van der Waals surface area contributed by atoms with Crippen molar-refractivity contribution in [2.24, 2.45) is 22.9 Å². The number of imidazole rings is 1. The topological polar surface area (TPSA) is 138 Å². The molecule has 10 nitrogen and oxygen atoms in total. The normalized spacial score (nSPS) is 25.8. The Balaban J connectivity index is 1.33. The second-order valence-corrected chi connectivity index (χ2v) is 9.77. The zero-order valence-electron chi connectivity index (χ0n) is 17.8. The SMILES string of the molecule is Cc1ccc(-n2nccn2)c(C(=O)C2(N=N)CC3CC3C2CSc2ncc3[nH]cnc3n2)c1. The van der Waals surface area contributed by atoms with E-state index in [1.807, 2.05) is 25.1 Å². The van der Waals surface area contributed by atoms with Crippen molar-refractivity contribution in [3.63, 3.8) is 0 Å². The number of rotatable bonds is 7. The summed E-state index contributed by atoms with van der Waals surface area (Å²) in [6.45, 7) is 1.95. The molecule has 33 heavy (non-hydrogen) atoms. The molecule has 11 heteroatoms. The van der Waals surface area contributed by atoms with Crippen molar-refractivity contribution in [1.82, 2.24) is 34.9 Å². The first-order valence-electron chi connectivity index (χ1n) is 10.8. The molecule has 2 aliphatic rings. The molecule has 0 aliphatic heterocycles. The largest absolute Gasteiger partial charge is 0.342 e. The highest BCUT2D eigenvalue weighted by atomic mass is 32.2. The van der Waals surface area contributed by atoms with Crippen molar-refractivity contribution < 1.29 is 4.79 Å². The predicted octanol–water partition coefficient (Wildman–Crippen LogP) is 3.64. The molecule has 3 heterocycles. The van der Waals surface area contributed by atoms with Crippen molar-refractivity contribution in [3.05, 3.63) is 54.2 Å². The van der Waals surface area contributed by atoms with Gasteiger partial charge in [-0.2, -0.15) is 20.1 Å². The number of nitrogens with one attached hydrogen (secondary N) is 2. The Morgan fingerprint density at radius 3 is 3.00 bits per heavy atom.